The van der Waals surface area contributed by atoms with Gasteiger partial charge in [-0.05, 0) is 45.6 Å². The van der Waals surface area contributed by atoms with Crippen LogP contribution in [0.5, 0.6) is 0 Å². The molecule has 0 N–H and O–H groups in total. The Labute approximate surface area is 155 Å². The van der Waals surface area contributed by atoms with Crippen LogP contribution in [0, 0.1) is 0 Å². The van der Waals surface area contributed by atoms with Gasteiger partial charge >= 0.3 is 12.2 Å². The fraction of sp³-hybridized carbons (Fsp3) is 0.600. The molecule has 2 saturated heterocycles. The van der Waals surface area contributed by atoms with E-state index in [1.165, 1.54) is 0 Å². The van der Waals surface area contributed by atoms with E-state index in [0.717, 1.165) is 24.8 Å². The first-order valence-electron chi connectivity index (χ1n) is 9.19. The highest BCUT2D eigenvalue weighted by atomic mass is 16.6. The molecule has 2 amide bonds. The zero-order valence-corrected chi connectivity index (χ0v) is 16.0. The van der Waals surface area contributed by atoms with E-state index >= 15 is 0 Å². The van der Waals surface area contributed by atoms with E-state index in [1.807, 2.05) is 56.0 Å². The van der Waals surface area contributed by atoms with Crippen molar-refractivity contribution in [3.63, 3.8) is 0 Å². The van der Waals surface area contributed by atoms with Crippen LogP contribution in [0.15, 0.2) is 30.3 Å². The fourth-order valence-electron chi connectivity index (χ4n) is 3.74. The molecule has 2 aliphatic heterocycles. The number of benzene rings is 1. The number of piperidine rings is 1. The summed E-state index contributed by atoms with van der Waals surface area (Å²) >= 11 is 0. The number of amides is 2. The van der Waals surface area contributed by atoms with Crippen molar-refractivity contribution in [2.75, 3.05) is 7.05 Å². The van der Waals surface area contributed by atoms with Gasteiger partial charge in [0.1, 0.15) is 12.2 Å². The van der Waals surface area contributed by atoms with Crippen LogP contribution in [-0.4, -0.2) is 52.8 Å². The average Bonchev–Trinajstić information content (AvgIpc) is 2.58. The number of nitrogens with zero attached hydrogens (tertiary/aromatic N) is 2. The normalized spacial score (nSPS) is 24.5. The highest BCUT2D eigenvalue weighted by Crippen LogP contribution is 2.40. The van der Waals surface area contributed by atoms with Crippen molar-refractivity contribution in [2.24, 2.45) is 0 Å². The van der Waals surface area contributed by atoms with Crippen LogP contribution in [0.2, 0.25) is 0 Å². The summed E-state index contributed by atoms with van der Waals surface area (Å²) in [4.78, 5) is 28.2. The van der Waals surface area contributed by atoms with Gasteiger partial charge in [-0.2, -0.15) is 0 Å². The van der Waals surface area contributed by atoms with E-state index in [2.05, 4.69) is 0 Å². The molecule has 3 fully saturated rings. The lowest BCUT2D eigenvalue weighted by molar-refractivity contribution is -0.0698. The van der Waals surface area contributed by atoms with Gasteiger partial charge in [0.2, 0.25) is 0 Å². The minimum Gasteiger partial charge on any atom is -0.445 e. The van der Waals surface area contributed by atoms with Gasteiger partial charge in [-0.3, -0.25) is 0 Å². The van der Waals surface area contributed by atoms with E-state index < -0.39 is 5.60 Å². The van der Waals surface area contributed by atoms with Gasteiger partial charge in [0.25, 0.3) is 0 Å². The minimum absolute atomic E-state index is 0.0979. The molecule has 2 heterocycles. The first-order valence-corrected chi connectivity index (χ1v) is 9.19. The van der Waals surface area contributed by atoms with E-state index in [4.69, 9.17) is 9.47 Å². The molecule has 0 spiro atoms. The highest BCUT2D eigenvalue weighted by Gasteiger charge is 2.50. The first-order chi connectivity index (χ1) is 12.2. The van der Waals surface area contributed by atoms with E-state index in [0.29, 0.717) is 0 Å². The second-order valence-electron chi connectivity index (χ2n) is 8.21. The van der Waals surface area contributed by atoms with Crippen molar-refractivity contribution in [1.29, 1.82) is 0 Å². The van der Waals surface area contributed by atoms with Crippen LogP contribution >= 0.6 is 0 Å². The van der Waals surface area contributed by atoms with Crippen LogP contribution in [0.3, 0.4) is 0 Å². The molecule has 3 aliphatic rings. The molecule has 4 rings (SSSR count). The molecule has 26 heavy (non-hydrogen) atoms. The second kappa shape index (κ2) is 7.17. The molecule has 142 valence electrons. The summed E-state index contributed by atoms with van der Waals surface area (Å²) in [5, 5.41) is 0. The maximum Gasteiger partial charge on any atom is 0.410 e. The molecule has 1 aromatic rings. The third kappa shape index (κ3) is 4.11. The fourth-order valence-corrected chi connectivity index (χ4v) is 3.74. The third-order valence-electron chi connectivity index (χ3n) is 5.06. The molecule has 1 unspecified atom stereocenters. The lowest BCUT2D eigenvalue weighted by Crippen LogP contribution is -2.66. The summed E-state index contributed by atoms with van der Waals surface area (Å²) in [6.07, 6.45) is 1.97. The molecule has 1 aromatic carbocycles. The lowest BCUT2D eigenvalue weighted by Gasteiger charge is -2.55. The quantitative estimate of drug-likeness (QED) is 0.823. The van der Waals surface area contributed by atoms with Crippen LogP contribution in [0.25, 0.3) is 0 Å². The van der Waals surface area contributed by atoms with Crippen molar-refractivity contribution in [2.45, 2.75) is 70.4 Å². The summed E-state index contributed by atoms with van der Waals surface area (Å²) in [6, 6.07) is 10.0. The lowest BCUT2D eigenvalue weighted by atomic mass is 9.77. The Kier molecular flexibility index (Phi) is 5.12. The van der Waals surface area contributed by atoms with Gasteiger partial charge in [-0.1, -0.05) is 30.3 Å². The number of hydrogen-bond acceptors (Lipinski definition) is 4. The van der Waals surface area contributed by atoms with Crippen LogP contribution in [0.4, 0.5) is 9.59 Å². The van der Waals surface area contributed by atoms with Crippen molar-refractivity contribution in [1.82, 2.24) is 9.80 Å². The SMILES string of the molecule is CN(C(=O)OCc1ccccc1)[C@H]1CC2C[C@H](C1)N2C(=O)OC(C)(C)C. The van der Waals surface area contributed by atoms with Crippen molar-refractivity contribution >= 4 is 12.2 Å². The average molecular weight is 360 g/mol. The molecular weight excluding hydrogens is 332 g/mol. The predicted molar refractivity (Wildman–Crippen MR) is 97.7 cm³/mol. The summed E-state index contributed by atoms with van der Waals surface area (Å²) in [6.45, 7) is 5.90. The minimum atomic E-state index is -0.488. The van der Waals surface area contributed by atoms with Gasteiger partial charge in [-0.15, -0.1) is 0 Å². The number of rotatable bonds is 3. The standard InChI is InChI=1S/C20H28N2O4/c1-20(2,3)26-19(24)22-16-10-15(11-17(22)12-16)21(4)18(23)25-13-14-8-6-5-7-9-14/h5-9,15-17H,10-13H2,1-4H3/t15-,16+,17?/m1/s1. The molecule has 6 heteroatoms. The van der Waals surface area contributed by atoms with Crippen molar-refractivity contribution in [3.05, 3.63) is 35.9 Å². The van der Waals surface area contributed by atoms with E-state index in [1.54, 1.807) is 11.9 Å². The van der Waals surface area contributed by atoms with Gasteiger partial charge in [0, 0.05) is 25.2 Å². The number of carbonyl (C=O) groups is 2. The molecule has 1 aliphatic carbocycles. The zero-order chi connectivity index (χ0) is 18.9. The number of hydrogen-bond donors (Lipinski definition) is 0. The molecule has 1 saturated carbocycles. The number of ether oxygens (including phenoxy) is 2. The summed E-state index contributed by atoms with van der Waals surface area (Å²) < 4.78 is 10.9. The van der Waals surface area contributed by atoms with Crippen LogP contribution in [0.1, 0.15) is 45.6 Å². The Balaban J connectivity index is 1.50. The second-order valence-corrected chi connectivity index (χ2v) is 8.21. The summed E-state index contributed by atoms with van der Waals surface area (Å²) in [7, 11) is 1.78. The highest BCUT2D eigenvalue weighted by molar-refractivity contribution is 5.71. The maximum atomic E-state index is 12.3. The Hall–Kier alpha value is -2.24. The van der Waals surface area contributed by atoms with E-state index in [9.17, 15) is 9.59 Å². The van der Waals surface area contributed by atoms with Crippen molar-refractivity contribution in [3.8, 4) is 0 Å². The van der Waals surface area contributed by atoms with Gasteiger partial charge in [0.05, 0.1) is 0 Å². The van der Waals surface area contributed by atoms with Gasteiger partial charge in [-0.25, -0.2) is 9.59 Å². The molecule has 0 aromatic heterocycles. The molecule has 3 atom stereocenters. The Morgan fingerprint density at radius 3 is 2.31 bits per heavy atom. The Morgan fingerprint density at radius 1 is 1.12 bits per heavy atom. The first kappa shape index (κ1) is 18.5. The molecule has 0 radical (unpaired) electrons. The number of fused-ring (bicyclic) bond motifs is 2. The topological polar surface area (TPSA) is 59.1 Å². The Morgan fingerprint density at radius 2 is 1.73 bits per heavy atom. The van der Waals surface area contributed by atoms with E-state index in [-0.39, 0.29) is 36.9 Å². The van der Waals surface area contributed by atoms with Gasteiger partial charge < -0.3 is 19.3 Å². The Bertz CT molecular complexity index is 644. The zero-order valence-electron chi connectivity index (χ0n) is 16.0. The smallest absolute Gasteiger partial charge is 0.410 e. The summed E-state index contributed by atoms with van der Waals surface area (Å²) in [5.41, 5.74) is 0.482. The predicted octanol–water partition coefficient (Wildman–Crippen LogP) is 3.80. The maximum absolute atomic E-state index is 12.3. The monoisotopic (exact) mass is 360 g/mol. The van der Waals surface area contributed by atoms with Gasteiger partial charge in [0.15, 0.2) is 0 Å². The largest absolute Gasteiger partial charge is 0.445 e. The molecular formula is C20H28N2O4. The molecule has 2 bridgehead atoms. The van der Waals surface area contributed by atoms with Crippen LogP contribution < -0.4 is 0 Å². The summed E-state index contributed by atoms with van der Waals surface area (Å²) in [5.74, 6) is 0. The third-order valence-corrected chi connectivity index (χ3v) is 5.06. The molecule has 6 nitrogen and oxygen atoms in total. The van der Waals surface area contributed by atoms with Crippen molar-refractivity contribution < 1.29 is 19.1 Å². The number of carbonyl (C=O) groups excluding carboxylic acids is 2. The van der Waals surface area contributed by atoms with Crippen LogP contribution in [-0.2, 0) is 16.1 Å².